The number of nitrogens with one attached hydrogen (secondary N) is 1. The van der Waals surface area contributed by atoms with Crippen molar-refractivity contribution in [3.8, 4) is 0 Å². The first-order valence-electron chi connectivity index (χ1n) is 9.45. The first kappa shape index (κ1) is 18.3. The monoisotopic (exact) mass is 381 g/mol. The predicted octanol–water partition coefficient (Wildman–Crippen LogP) is 2.05. The molecule has 3 heterocycles. The number of likely N-dealkylation sites (tertiary alicyclic amines) is 1. The highest BCUT2D eigenvalue weighted by Gasteiger charge is 2.50. The van der Waals surface area contributed by atoms with Crippen LogP contribution in [-0.4, -0.2) is 46.6 Å². The van der Waals surface area contributed by atoms with Crippen molar-refractivity contribution in [1.82, 2.24) is 9.58 Å². The van der Waals surface area contributed by atoms with Gasteiger partial charge in [-0.2, -0.15) is 0 Å². The Morgan fingerprint density at radius 1 is 1.00 bits per heavy atom. The van der Waals surface area contributed by atoms with Crippen LogP contribution in [-0.2, 0) is 25.5 Å². The summed E-state index contributed by atoms with van der Waals surface area (Å²) in [5, 5.41) is 0. The van der Waals surface area contributed by atoms with Gasteiger partial charge in [0.15, 0.2) is 0 Å². The Hall–Kier alpha value is -3.06. The number of carbonyl (C=O) groups excluding carboxylic acids is 2. The molecule has 2 aliphatic rings. The molecule has 0 aliphatic carbocycles. The molecule has 1 unspecified atom stereocenters. The normalized spacial score (nSPS) is 21.8. The zero-order valence-corrected chi connectivity index (χ0v) is 15.5. The summed E-state index contributed by atoms with van der Waals surface area (Å²) < 4.78 is 13.2. The summed E-state index contributed by atoms with van der Waals surface area (Å²) in [6.07, 6.45) is 7.99. The molecule has 0 bridgehead atoms. The Morgan fingerprint density at radius 3 is 2.36 bits per heavy atom. The van der Waals surface area contributed by atoms with E-state index in [-0.39, 0.29) is 6.04 Å². The lowest BCUT2D eigenvalue weighted by molar-refractivity contribution is -0.294. The van der Waals surface area contributed by atoms with Crippen LogP contribution in [0.4, 0.5) is 0 Å². The Labute approximate surface area is 163 Å². The molecular formula is C21H23N3O4. The average molecular weight is 381 g/mol. The number of esters is 2. The van der Waals surface area contributed by atoms with E-state index in [4.69, 9.17) is 9.47 Å². The molecule has 2 aliphatic heterocycles. The van der Waals surface area contributed by atoms with E-state index in [1.807, 2.05) is 52.3 Å². The Morgan fingerprint density at radius 2 is 1.68 bits per heavy atom. The minimum absolute atomic E-state index is 0.0147. The predicted molar refractivity (Wildman–Crippen MR) is 103 cm³/mol. The maximum atomic E-state index is 12.2. The van der Waals surface area contributed by atoms with Gasteiger partial charge in [0.25, 0.3) is 0 Å². The van der Waals surface area contributed by atoms with Crippen molar-refractivity contribution < 1.29 is 19.1 Å². The average Bonchev–Trinajstić information content (AvgIpc) is 3.14. The van der Waals surface area contributed by atoms with Crippen molar-refractivity contribution in [1.29, 1.82) is 0 Å². The lowest BCUT2D eigenvalue weighted by atomic mass is 10.0. The minimum Gasteiger partial charge on any atom is -0.405 e. The highest BCUT2D eigenvalue weighted by Crippen LogP contribution is 2.33. The van der Waals surface area contributed by atoms with E-state index < -0.39 is 17.8 Å². The molecule has 2 aromatic rings. The SMILES string of the molecule is O=C1C=CC(=O)OC2(CC(Nn3cccc3)CCN2CCc2ccccc2)O1. The number of nitrogens with zero attached hydrogens (tertiary/aromatic N) is 2. The van der Waals surface area contributed by atoms with Gasteiger partial charge in [-0.15, -0.1) is 0 Å². The summed E-state index contributed by atoms with van der Waals surface area (Å²) in [6.45, 7) is 1.24. The molecule has 1 aromatic heterocycles. The number of hydrogen-bond acceptors (Lipinski definition) is 6. The van der Waals surface area contributed by atoms with Crippen LogP contribution in [0.5, 0.6) is 0 Å². The first-order valence-corrected chi connectivity index (χ1v) is 9.45. The van der Waals surface area contributed by atoms with Crippen molar-refractivity contribution in [2.45, 2.75) is 31.2 Å². The molecule has 1 saturated heterocycles. The van der Waals surface area contributed by atoms with Crippen LogP contribution >= 0.6 is 0 Å². The summed E-state index contributed by atoms with van der Waals surface area (Å²) in [4.78, 5) is 26.3. The second-order valence-electron chi connectivity index (χ2n) is 7.02. The van der Waals surface area contributed by atoms with Gasteiger partial charge in [-0.1, -0.05) is 30.3 Å². The third-order valence-electron chi connectivity index (χ3n) is 5.06. The highest BCUT2D eigenvalue weighted by atomic mass is 16.8. The fraction of sp³-hybridized carbons (Fsp3) is 0.333. The Bertz CT molecular complexity index is 828. The molecule has 4 rings (SSSR count). The van der Waals surface area contributed by atoms with Gasteiger partial charge in [0.1, 0.15) is 0 Å². The number of carbonyl (C=O) groups is 2. The van der Waals surface area contributed by atoms with E-state index in [1.165, 1.54) is 5.56 Å². The number of piperidine rings is 1. The molecule has 0 saturated carbocycles. The maximum Gasteiger partial charge on any atom is 0.335 e. The van der Waals surface area contributed by atoms with E-state index in [1.54, 1.807) is 0 Å². The second-order valence-corrected chi connectivity index (χ2v) is 7.02. The summed E-state index contributed by atoms with van der Waals surface area (Å²) >= 11 is 0. The number of hydrogen-bond donors (Lipinski definition) is 1. The second kappa shape index (κ2) is 7.90. The van der Waals surface area contributed by atoms with Gasteiger partial charge in [0.05, 0.1) is 12.5 Å². The molecule has 7 heteroatoms. The molecule has 0 amide bonds. The lowest BCUT2D eigenvalue weighted by Crippen LogP contribution is -2.61. The maximum absolute atomic E-state index is 12.2. The third kappa shape index (κ3) is 4.09. The molecule has 1 N–H and O–H groups in total. The lowest BCUT2D eigenvalue weighted by Gasteiger charge is -2.46. The molecule has 7 nitrogen and oxygen atoms in total. The minimum atomic E-state index is -1.41. The van der Waals surface area contributed by atoms with Gasteiger partial charge in [-0.25, -0.2) is 14.5 Å². The molecule has 1 spiro atoms. The molecule has 1 atom stereocenters. The molecule has 28 heavy (non-hydrogen) atoms. The smallest absolute Gasteiger partial charge is 0.335 e. The van der Waals surface area contributed by atoms with Gasteiger partial charge < -0.3 is 14.9 Å². The van der Waals surface area contributed by atoms with Gasteiger partial charge >= 0.3 is 17.8 Å². The number of aromatic nitrogens is 1. The molecule has 1 fully saturated rings. The van der Waals surface area contributed by atoms with Crippen LogP contribution < -0.4 is 5.43 Å². The Kier molecular flexibility index (Phi) is 5.16. The third-order valence-corrected chi connectivity index (χ3v) is 5.06. The standard InChI is InChI=1S/C21H23N3O4/c25-19-8-9-20(26)28-21(27-19)16-18(22-24-12-4-5-13-24)11-15-23(21)14-10-17-6-2-1-3-7-17/h1-9,12-13,18,22H,10-11,14-16H2. The van der Waals surface area contributed by atoms with Crippen LogP contribution in [0.25, 0.3) is 0 Å². The van der Waals surface area contributed by atoms with Crippen molar-refractivity contribution in [3.63, 3.8) is 0 Å². The van der Waals surface area contributed by atoms with E-state index in [0.717, 1.165) is 25.0 Å². The van der Waals surface area contributed by atoms with Crippen molar-refractivity contribution in [2.75, 3.05) is 18.5 Å². The molecule has 1 aromatic carbocycles. The highest BCUT2D eigenvalue weighted by molar-refractivity contribution is 5.93. The molecular weight excluding hydrogens is 358 g/mol. The van der Waals surface area contributed by atoms with Gasteiger partial charge in [0, 0.05) is 37.6 Å². The summed E-state index contributed by atoms with van der Waals surface area (Å²) in [6, 6.07) is 13.9. The summed E-state index contributed by atoms with van der Waals surface area (Å²) in [5.41, 5.74) is 4.54. The van der Waals surface area contributed by atoms with E-state index in [0.29, 0.717) is 19.5 Å². The van der Waals surface area contributed by atoms with Crippen LogP contribution in [0, 0.1) is 0 Å². The fourth-order valence-corrected chi connectivity index (χ4v) is 3.71. The summed E-state index contributed by atoms with van der Waals surface area (Å²) in [7, 11) is 0. The number of benzene rings is 1. The zero-order chi connectivity index (χ0) is 19.4. The van der Waals surface area contributed by atoms with Crippen LogP contribution in [0.1, 0.15) is 18.4 Å². The topological polar surface area (TPSA) is 72.8 Å². The van der Waals surface area contributed by atoms with Crippen LogP contribution in [0.15, 0.2) is 67.0 Å². The fourth-order valence-electron chi connectivity index (χ4n) is 3.71. The van der Waals surface area contributed by atoms with Crippen molar-refractivity contribution in [2.24, 2.45) is 0 Å². The van der Waals surface area contributed by atoms with Gasteiger partial charge in [-0.05, 0) is 30.5 Å². The van der Waals surface area contributed by atoms with Crippen molar-refractivity contribution >= 4 is 11.9 Å². The number of rotatable bonds is 5. The van der Waals surface area contributed by atoms with Gasteiger partial charge in [-0.3, -0.25) is 4.68 Å². The van der Waals surface area contributed by atoms with Crippen LogP contribution in [0.3, 0.4) is 0 Å². The van der Waals surface area contributed by atoms with E-state index in [9.17, 15) is 9.59 Å². The zero-order valence-electron chi connectivity index (χ0n) is 15.5. The van der Waals surface area contributed by atoms with Gasteiger partial charge in [0.2, 0.25) is 0 Å². The largest absolute Gasteiger partial charge is 0.405 e. The number of ether oxygens (including phenoxy) is 2. The summed E-state index contributed by atoms with van der Waals surface area (Å²) in [5.74, 6) is -2.55. The molecule has 0 radical (unpaired) electrons. The van der Waals surface area contributed by atoms with E-state index in [2.05, 4.69) is 17.6 Å². The Balaban J connectivity index is 1.54. The quantitative estimate of drug-likeness (QED) is 0.800. The van der Waals surface area contributed by atoms with Crippen LogP contribution in [0.2, 0.25) is 0 Å². The van der Waals surface area contributed by atoms with E-state index >= 15 is 0 Å². The first-order chi connectivity index (χ1) is 13.6. The molecule has 146 valence electrons. The van der Waals surface area contributed by atoms with Crippen molar-refractivity contribution in [3.05, 3.63) is 72.6 Å².